The topological polar surface area (TPSA) is 38.8 Å². The number of anilines is 2. The van der Waals surface area contributed by atoms with Crippen molar-refractivity contribution in [1.82, 2.24) is 9.80 Å². The molecule has 2 aromatic carbocycles. The van der Waals surface area contributed by atoms with E-state index in [0.717, 1.165) is 57.1 Å². The Hall–Kier alpha value is -2.53. The Morgan fingerprint density at radius 3 is 2.41 bits per heavy atom. The van der Waals surface area contributed by atoms with Gasteiger partial charge in [0.05, 0.1) is 11.4 Å². The molecule has 5 nitrogen and oxygen atoms in total. The maximum atomic E-state index is 13.2. The maximum absolute atomic E-state index is 13.2. The molecule has 2 aromatic rings. The van der Waals surface area contributed by atoms with Crippen LogP contribution in [0.15, 0.2) is 48.5 Å². The second-order valence-electron chi connectivity index (χ2n) is 10.2. The number of hydrogen-bond acceptors (Lipinski definition) is 3. The second kappa shape index (κ2) is 8.43. The number of nitrogens with zero attached hydrogens (tertiary/aromatic N) is 3. The number of likely N-dealkylation sites (tertiary alicyclic amines) is 1. The largest absolute Gasteiger partial charge is 0.367 e. The molecule has 2 amide bonds. The molecule has 32 heavy (non-hydrogen) atoms. The first-order valence-electron chi connectivity index (χ1n) is 12.2. The van der Waals surface area contributed by atoms with Gasteiger partial charge in [-0.05, 0) is 57.2 Å². The van der Waals surface area contributed by atoms with Gasteiger partial charge in [0.1, 0.15) is 0 Å². The molecule has 0 bridgehead atoms. The molecule has 3 aliphatic rings. The van der Waals surface area contributed by atoms with Crippen LogP contribution < -0.4 is 10.2 Å². The second-order valence-corrected chi connectivity index (χ2v) is 10.2. The molecule has 2 heterocycles. The maximum Gasteiger partial charge on any atom is 0.321 e. The normalized spacial score (nSPS) is 25.6. The predicted molar refractivity (Wildman–Crippen MR) is 132 cm³/mol. The number of aryl methyl sites for hydroxylation is 1. The van der Waals surface area contributed by atoms with Gasteiger partial charge in [0.2, 0.25) is 0 Å². The molecule has 5 heteroatoms. The van der Waals surface area contributed by atoms with Crippen molar-refractivity contribution in [2.24, 2.45) is 5.92 Å². The van der Waals surface area contributed by atoms with Gasteiger partial charge in [-0.25, -0.2) is 4.79 Å². The zero-order valence-corrected chi connectivity index (χ0v) is 19.7. The van der Waals surface area contributed by atoms with E-state index >= 15 is 0 Å². The van der Waals surface area contributed by atoms with E-state index in [9.17, 15) is 4.79 Å². The van der Waals surface area contributed by atoms with Crippen molar-refractivity contribution in [2.45, 2.75) is 45.1 Å². The number of carbonyl (C=O) groups excluding carboxylic acids is 1. The molecule has 2 atom stereocenters. The number of hydrogen-bond donors (Lipinski definition) is 1. The van der Waals surface area contributed by atoms with E-state index in [1.165, 1.54) is 17.5 Å². The molecule has 170 valence electrons. The summed E-state index contributed by atoms with van der Waals surface area (Å²) in [5.74, 6) is 0.587. The van der Waals surface area contributed by atoms with Crippen molar-refractivity contribution in [2.75, 3.05) is 49.5 Å². The minimum absolute atomic E-state index is 0.0441. The third-order valence-electron chi connectivity index (χ3n) is 7.95. The number of nitrogens with one attached hydrogen (secondary N) is 1. The number of piperazine rings is 1. The fourth-order valence-electron chi connectivity index (χ4n) is 5.71. The lowest BCUT2D eigenvalue weighted by molar-refractivity contribution is 0.192. The van der Waals surface area contributed by atoms with Crippen LogP contribution >= 0.6 is 0 Å². The third-order valence-corrected chi connectivity index (χ3v) is 7.95. The zero-order valence-electron chi connectivity index (χ0n) is 19.7. The fraction of sp³-hybridized carbons (Fsp3) is 0.519. The van der Waals surface area contributed by atoms with E-state index in [1.54, 1.807) is 0 Å². The van der Waals surface area contributed by atoms with Crippen LogP contribution in [0.2, 0.25) is 0 Å². The Morgan fingerprint density at radius 1 is 1.00 bits per heavy atom. The van der Waals surface area contributed by atoms with Crippen LogP contribution in [0, 0.1) is 12.8 Å². The summed E-state index contributed by atoms with van der Waals surface area (Å²) >= 11 is 0. The van der Waals surface area contributed by atoms with Crippen molar-refractivity contribution in [3.05, 3.63) is 59.7 Å². The fourth-order valence-corrected chi connectivity index (χ4v) is 5.71. The minimum atomic E-state index is 0.0441. The molecule has 5 rings (SSSR count). The highest BCUT2D eigenvalue weighted by Crippen LogP contribution is 2.59. The van der Waals surface area contributed by atoms with Gasteiger partial charge in [-0.15, -0.1) is 0 Å². The summed E-state index contributed by atoms with van der Waals surface area (Å²) in [4.78, 5) is 20.1. The molecule has 1 aliphatic carbocycles. The minimum Gasteiger partial charge on any atom is -0.367 e. The smallest absolute Gasteiger partial charge is 0.321 e. The van der Waals surface area contributed by atoms with E-state index < -0.39 is 0 Å². The lowest BCUT2D eigenvalue weighted by Gasteiger charge is -2.39. The van der Waals surface area contributed by atoms with Crippen LogP contribution in [0.3, 0.4) is 0 Å². The summed E-state index contributed by atoms with van der Waals surface area (Å²) in [6.07, 6.45) is 2.27. The van der Waals surface area contributed by atoms with Gasteiger partial charge in [0.25, 0.3) is 0 Å². The van der Waals surface area contributed by atoms with Gasteiger partial charge in [-0.2, -0.15) is 0 Å². The van der Waals surface area contributed by atoms with Crippen molar-refractivity contribution in [3.8, 4) is 0 Å². The van der Waals surface area contributed by atoms with Crippen LogP contribution in [0.5, 0.6) is 0 Å². The molecule has 0 radical (unpaired) electrons. The van der Waals surface area contributed by atoms with Crippen LogP contribution in [-0.2, 0) is 5.41 Å². The number of amides is 2. The molecule has 0 aromatic heterocycles. The third kappa shape index (κ3) is 3.99. The first kappa shape index (κ1) is 21.3. The molecule has 2 aliphatic heterocycles. The van der Waals surface area contributed by atoms with E-state index in [2.05, 4.69) is 72.3 Å². The highest BCUT2D eigenvalue weighted by atomic mass is 16.2. The van der Waals surface area contributed by atoms with Gasteiger partial charge in [-0.1, -0.05) is 42.0 Å². The van der Waals surface area contributed by atoms with E-state index in [4.69, 9.17) is 0 Å². The highest BCUT2D eigenvalue weighted by Gasteiger charge is 2.57. The number of carbonyl (C=O) groups is 1. The first-order chi connectivity index (χ1) is 15.5. The molecule has 0 spiro atoms. The van der Waals surface area contributed by atoms with Crippen molar-refractivity contribution >= 4 is 17.4 Å². The number of rotatable bonds is 4. The Kier molecular flexibility index (Phi) is 5.62. The molecular formula is C27H36N4O. The molecule has 1 N–H and O–H groups in total. The van der Waals surface area contributed by atoms with Crippen LogP contribution in [0.1, 0.15) is 37.8 Å². The van der Waals surface area contributed by atoms with E-state index in [1.807, 2.05) is 17.0 Å². The monoisotopic (exact) mass is 432 g/mol. The lowest BCUT2D eigenvalue weighted by Crippen LogP contribution is -2.49. The van der Waals surface area contributed by atoms with E-state index in [-0.39, 0.29) is 6.03 Å². The Morgan fingerprint density at radius 2 is 1.72 bits per heavy atom. The molecular weight excluding hydrogens is 396 g/mol. The number of fused-ring (bicyclic) bond motifs is 1. The average Bonchev–Trinajstić information content (AvgIpc) is 3.55. The van der Waals surface area contributed by atoms with Crippen LogP contribution in [0.4, 0.5) is 16.2 Å². The first-order valence-corrected chi connectivity index (χ1v) is 12.2. The Bertz CT molecular complexity index is 964. The molecule has 2 unspecified atom stereocenters. The van der Waals surface area contributed by atoms with Gasteiger partial charge < -0.3 is 15.1 Å². The van der Waals surface area contributed by atoms with E-state index in [0.29, 0.717) is 17.4 Å². The number of benzene rings is 2. The summed E-state index contributed by atoms with van der Waals surface area (Å²) < 4.78 is 0. The van der Waals surface area contributed by atoms with Crippen LogP contribution in [-0.4, -0.2) is 61.1 Å². The molecule has 2 saturated heterocycles. The van der Waals surface area contributed by atoms with Gasteiger partial charge in [0.15, 0.2) is 0 Å². The van der Waals surface area contributed by atoms with Gasteiger partial charge >= 0.3 is 6.03 Å². The lowest BCUT2D eigenvalue weighted by atomic mass is 9.87. The summed E-state index contributed by atoms with van der Waals surface area (Å²) in [5, 5.41) is 3.24. The predicted octanol–water partition coefficient (Wildman–Crippen LogP) is 4.72. The zero-order chi connectivity index (χ0) is 22.3. The van der Waals surface area contributed by atoms with Crippen LogP contribution in [0.25, 0.3) is 0 Å². The Balaban J connectivity index is 1.22. The van der Waals surface area contributed by atoms with Gasteiger partial charge in [-0.3, -0.25) is 4.90 Å². The van der Waals surface area contributed by atoms with Crippen molar-refractivity contribution in [3.63, 3.8) is 0 Å². The SMILES string of the molecule is Cc1ccc(C23CCN(C(=O)Nc4ccccc4N4CCN(C(C)C)CC4)CC2C3)cc1. The molecule has 3 fully saturated rings. The average molecular weight is 433 g/mol. The summed E-state index contributed by atoms with van der Waals surface area (Å²) in [6.45, 7) is 12.5. The van der Waals surface area contributed by atoms with Crippen molar-refractivity contribution < 1.29 is 4.79 Å². The number of urea groups is 1. The summed E-state index contributed by atoms with van der Waals surface area (Å²) in [7, 11) is 0. The molecule has 1 saturated carbocycles. The number of piperidine rings is 1. The summed E-state index contributed by atoms with van der Waals surface area (Å²) in [6, 6.07) is 17.9. The summed E-state index contributed by atoms with van der Waals surface area (Å²) in [5.41, 5.74) is 5.14. The standard InChI is InChI=1S/C27H36N4O/c1-20(2)29-14-16-30(17-15-29)25-7-5-4-6-24(25)28-26(32)31-13-12-27(18-23(27)19-31)22-10-8-21(3)9-11-22/h4-11,20,23H,12-19H2,1-3H3,(H,28,32). The Labute approximate surface area is 192 Å². The quantitative estimate of drug-likeness (QED) is 0.760. The van der Waals surface area contributed by atoms with Crippen molar-refractivity contribution in [1.29, 1.82) is 0 Å². The highest BCUT2D eigenvalue weighted by molar-refractivity contribution is 5.93. The number of para-hydroxylation sites is 2. The van der Waals surface area contributed by atoms with Gasteiger partial charge in [0, 0.05) is 50.7 Å².